The number of anilines is 1. The van der Waals surface area contributed by atoms with E-state index in [2.05, 4.69) is 44.2 Å². The van der Waals surface area contributed by atoms with E-state index in [-0.39, 0.29) is 127 Å². The number of carbonyl (C=O) groups excluding carboxylic acids is 10. The number of piperidine rings is 2. The number of carbonyl (C=O) groups is 10. The van der Waals surface area contributed by atoms with Crippen molar-refractivity contribution >= 4 is 87.4 Å². The van der Waals surface area contributed by atoms with Crippen LogP contribution in [-0.2, 0) is 70.1 Å². The molecule has 2 fully saturated rings. The molecule has 13 atom stereocenters. The van der Waals surface area contributed by atoms with Crippen molar-refractivity contribution in [1.29, 1.82) is 0 Å². The molecule has 594 valence electrons. The van der Waals surface area contributed by atoms with Crippen molar-refractivity contribution in [2.45, 2.75) is 255 Å². The average Bonchev–Trinajstić information content (AvgIpc) is 1.73. The lowest BCUT2D eigenvalue weighted by atomic mass is 9.82. The molecule has 0 bridgehead atoms. The number of nitrogens with two attached hydrogens (primary N) is 1. The molecule has 0 radical (unpaired) electrons. The van der Waals surface area contributed by atoms with Gasteiger partial charge >= 0.3 is 23.9 Å². The van der Waals surface area contributed by atoms with Crippen molar-refractivity contribution in [2.24, 2.45) is 41.4 Å². The highest BCUT2D eigenvalue weighted by Crippen LogP contribution is 2.37. The molecule has 0 aliphatic carbocycles. The van der Waals surface area contributed by atoms with E-state index in [1.165, 1.54) is 43.6 Å². The second kappa shape index (κ2) is 45.5. The average molecular weight is 1530 g/mol. The first-order chi connectivity index (χ1) is 50.9. The molecule has 2 aromatic carbocycles. The molecule has 0 spiro atoms. The minimum atomic E-state index is -0.929. The smallest absolute Gasteiger partial charge is 0.328 e. The normalized spacial score (nSPS) is 17.9. The molecule has 2 aliphatic rings. The zero-order chi connectivity index (χ0) is 79.2. The van der Waals surface area contributed by atoms with Crippen LogP contribution in [0.1, 0.15) is 248 Å². The Kier molecular flexibility index (Phi) is 38.3. The van der Waals surface area contributed by atoms with Crippen LogP contribution in [0.2, 0.25) is 0 Å². The van der Waals surface area contributed by atoms with E-state index in [9.17, 15) is 47.9 Å². The van der Waals surface area contributed by atoms with Gasteiger partial charge in [0.15, 0.2) is 23.8 Å². The predicted octanol–water partition coefficient (Wildman–Crippen LogP) is 13.0. The monoisotopic (exact) mass is 1520 g/mol. The molecule has 2 saturated heterocycles. The highest BCUT2D eigenvalue weighted by Gasteiger charge is 2.42. The molecular weight excluding hydrogens is 1400 g/mol. The lowest BCUT2D eigenvalue weighted by Crippen LogP contribution is -2.50. The summed E-state index contributed by atoms with van der Waals surface area (Å²) in [4.78, 5) is 151. The van der Waals surface area contributed by atoms with Gasteiger partial charge < -0.3 is 45.1 Å². The first kappa shape index (κ1) is 90.1. The number of ketones is 2. The number of likely N-dealkylation sites (tertiary alicyclic amines) is 2. The van der Waals surface area contributed by atoms with Crippen molar-refractivity contribution < 1.29 is 66.9 Å². The number of rotatable bonds is 41. The number of esters is 4. The summed E-state index contributed by atoms with van der Waals surface area (Å²) < 4.78 is 21.9. The molecule has 2 aromatic heterocycles. The minimum absolute atomic E-state index is 0.000874. The number of methoxy groups -OCH3 is 1. The first-order valence-electron chi connectivity index (χ1n) is 39.0. The summed E-state index contributed by atoms with van der Waals surface area (Å²) in [5, 5.41) is 9.89. The summed E-state index contributed by atoms with van der Waals surface area (Å²) in [6.07, 6.45) is 9.11. The third-order valence-corrected chi connectivity index (χ3v) is 22.9. The van der Waals surface area contributed by atoms with Crippen LogP contribution in [0.4, 0.5) is 5.69 Å². The molecule has 0 saturated carbocycles. The molecule has 6 rings (SSSR count). The van der Waals surface area contributed by atoms with Gasteiger partial charge in [0.25, 0.3) is 11.8 Å². The van der Waals surface area contributed by atoms with E-state index < -0.39 is 71.8 Å². The number of thiazole rings is 2. The van der Waals surface area contributed by atoms with Crippen LogP contribution in [0, 0.1) is 41.4 Å². The second-order valence-electron chi connectivity index (χ2n) is 30.0. The van der Waals surface area contributed by atoms with Crippen LogP contribution in [-0.4, -0.2) is 179 Å². The maximum atomic E-state index is 14.7. The van der Waals surface area contributed by atoms with E-state index in [0.29, 0.717) is 54.5 Å². The highest BCUT2D eigenvalue weighted by molar-refractivity contribution is 7.10. The van der Waals surface area contributed by atoms with Gasteiger partial charge in [0.2, 0.25) is 11.8 Å². The number of ether oxygens (including phenoxy) is 4. The van der Waals surface area contributed by atoms with Crippen molar-refractivity contribution in [1.82, 2.24) is 40.2 Å². The Bertz CT molecular complexity index is 3480. The quantitative estimate of drug-likeness (QED) is 0.0211. The fourth-order valence-corrected chi connectivity index (χ4v) is 16.2. The Morgan fingerprint density at radius 1 is 0.579 bits per heavy atom. The van der Waals surface area contributed by atoms with Crippen molar-refractivity contribution in [3.63, 3.8) is 0 Å². The molecular formula is C82H125N9O14S2. The van der Waals surface area contributed by atoms with E-state index in [4.69, 9.17) is 24.7 Å². The highest BCUT2D eigenvalue weighted by atomic mass is 32.1. The van der Waals surface area contributed by atoms with Gasteiger partial charge in [0.1, 0.15) is 27.4 Å². The van der Waals surface area contributed by atoms with Gasteiger partial charge in [-0.15, -0.1) is 22.7 Å². The molecule has 107 heavy (non-hydrogen) atoms. The summed E-state index contributed by atoms with van der Waals surface area (Å²) in [6.45, 7) is 29.6. The number of amides is 4. The molecule has 1 unspecified atom stereocenters. The fourth-order valence-electron chi connectivity index (χ4n) is 14.5. The third kappa shape index (κ3) is 27.9. The van der Waals surface area contributed by atoms with Gasteiger partial charge in [-0.2, -0.15) is 0 Å². The second-order valence-corrected chi connectivity index (χ2v) is 31.8. The third-order valence-electron chi connectivity index (χ3n) is 21.0. The molecule has 23 nitrogen and oxygen atoms in total. The van der Waals surface area contributed by atoms with Crippen LogP contribution in [0.15, 0.2) is 65.4 Å². The zero-order valence-corrected chi connectivity index (χ0v) is 68.5. The topological polar surface area (TPSA) is 296 Å². The Balaban J connectivity index is 0.000000385. The van der Waals surface area contributed by atoms with Gasteiger partial charge in [0, 0.05) is 105 Å². The largest absolute Gasteiger partial charge is 0.467 e. The number of aromatic nitrogens is 2. The van der Waals surface area contributed by atoms with E-state index in [1.807, 2.05) is 122 Å². The van der Waals surface area contributed by atoms with Gasteiger partial charge in [-0.25, -0.2) is 14.8 Å². The lowest BCUT2D eigenvalue weighted by molar-refractivity contribution is -0.151. The standard InChI is InChI=1S/C43H67N5O7S.C39H58N4O7S/c1-10-20-48(42(52)34(28(6)11-2)24-38(50)36-15-13-14-21-47(36)9)37(27(4)5)25-39(55-30(8)49)41-46-35(26-56-41)40(51)45-33(22-29(7)43(53)54-12-3)23-31-16-18-32(44)19-17-31;1-9-19-43(38(47)29(26(5)10-2)22-34(45)32-18-14-15-20-42(32)7)33(25(3)4)23-35(50-27(6)44)37-41-31(24-51-37)36(46)40-30(39(48)49-8)21-28-16-12-11-13-17-28/h16-19,26-29,33-34,36-37,39H,10-15,20-25,44H2,1-9H3,(H,45,51);11-13,16-17,24-26,29-30,32-33,35H,9-10,14-15,18-23H2,1-8H3,(H,40,46)/t28-,29?,33+,34-,36+,37+,39+;26-,29-,30-,32+,33+,35+/m00/s1. The number of nitrogen functional groups attached to an aromatic ring is 1. The van der Waals surface area contributed by atoms with Gasteiger partial charge in [-0.3, -0.25) is 53.0 Å². The Labute approximate surface area is 644 Å². The van der Waals surface area contributed by atoms with Crippen molar-refractivity contribution in [2.75, 3.05) is 59.7 Å². The summed E-state index contributed by atoms with van der Waals surface area (Å²) >= 11 is 2.40. The fraction of sp³-hybridized carbons (Fsp3) is 0.659. The van der Waals surface area contributed by atoms with E-state index >= 15 is 0 Å². The summed E-state index contributed by atoms with van der Waals surface area (Å²) in [7, 11) is 5.26. The van der Waals surface area contributed by atoms with Crippen LogP contribution in [0.3, 0.4) is 0 Å². The van der Waals surface area contributed by atoms with Crippen LogP contribution >= 0.6 is 22.7 Å². The number of benzene rings is 2. The van der Waals surface area contributed by atoms with Crippen molar-refractivity contribution in [3.8, 4) is 0 Å². The molecule has 4 heterocycles. The van der Waals surface area contributed by atoms with Crippen LogP contribution in [0.5, 0.6) is 0 Å². The number of hydrogen-bond acceptors (Lipinski definition) is 21. The Morgan fingerprint density at radius 2 is 1.02 bits per heavy atom. The number of Topliss-reactive ketones (excluding diaryl/α,β-unsaturated/α-hetero) is 2. The molecule has 4 aromatic rings. The predicted molar refractivity (Wildman–Crippen MR) is 419 cm³/mol. The van der Waals surface area contributed by atoms with Gasteiger partial charge in [-0.1, -0.05) is 144 Å². The van der Waals surface area contributed by atoms with Crippen molar-refractivity contribution in [3.05, 3.63) is 97.9 Å². The molecule has 2 aliphatic heterocycles. The number of hydrogen-bond donors (Lipinski definition) is 3. The number of likely N-dealkylation sites (N-methyl/N-ethyl adjacent to an activating group) is 2. The maximum Gasteiger partial charge on any atom is 0.328 e. The van der Waals surface area contributed by atoms with Gasteiger partial charge in [-0.05, 0) is 132 Å². The summed E-state index contributed by atoms with van der Waals surface area (Å²) in [5.41, 5.74) is 8.57. The number of nitrogens with zero attached hydrogens (tertiary/aromatic N) is 6. The summed E-state index contributed by atoms with van der Waals surface area (Å²) in [5.74, 6) is -4.16. The number of nitrogens with one attached hydrogen (secondary N) is 2. The maximum absolute atomic E-state index is 14.7. The summed E-state index contributed by atoms with van der Waals surface area (Å²) in [6, 6.07) is 14.3. The van der Waals surface area contributed by atoms with Crippen LogP contribution < -0.4 is 16.4 Å². The molecule has 4 amide bonds. The van der Waals surface area contributed by atoms with E-state index in [1.54, 1.807) is 36.7 Å². The van der Waals surface area contributed by atoms with Gasteiger partial charge in [0.05, 0.1) is 31.7 Å². The molecule has 4 N–H and O–H groups in total. The zero-order valence-electron chi connectivity index (χ0n) is 66.9. The van der Waals surface area contributed by atoms with E-state index in [0.717, 1.165) is 75.6 Å². The SMILES string of the molecule is CCCN(C(=O)[C@@H](CC(=O)[C@H]1CCCCN1C)[C@@H](C)CC)[C@H](C[C@@H](OC(C)=O)c1nc(C(=O)N[C@@H](Cc2ccc(N)cc2)CC(C)C(=O)OCC)cs1)C(C)C.CCCN(C(=O)[C@@H](CC(=O)[C@H]1CCCCN1C)[C@@H](C)CC)[C@H](C[C@@H](OC(C)=O)c1nc(C(=O)N[C@@H](Cc2ccccc2)C(=O)OC)cs1)C(C)C. The van der Waals surface area contributed by atoms with Crippen LogP contribution in [0.25, 0.3) is 0 Å². The Morgan fingerprint density at radius 3 is 1.41 bits per heavy atom. The minimum Gasteiger partial charge on any atom is -0.467 e. The lowest BCUT2D eigenvalue weighted by Gasteiger charge is -2.39. The Hall–Kier alpha value is -7.48. The first-order valence-corrected chi connectivity index (χ1v) is 40.7. The molecule has 25 heteroatoms.